The second-order valence-electron chi connectivity index (χ2n) is 5.81. The molecule has 3 heteroatoms. The number of carbonyl (C=O) groups is 1. The van der Waals surface area contributed by atoms with E-state index in [9.17, 15) is 9.90 Å². The molecule has 2 rings (SSSR count). The van der Waals surface area contributed by atoms with E-state index in [0.717, 1.165) is 22.9 Å². The summed E-state index contributed by atoms with van der Waals surface area (Å²) in [7, 11) is 0. The van der Waals surface area contributed by atoms with Crippen molar-refractivity contribution in [2.75, 3.05) is 0 Å². The van der Waals surface area contributed by atoms with Gasteiger partial charge in [-0.2, -0.15) is 0 Å². The maximum Gasteiger partial charge on any atom is 0.307 e. The van der Waals surface area contributed by atoms with Gasteiger partial charge in [-0.1, -0.05) is 47.8 Å². The van der Waals surface area contributed by atoms with Crippen molar-refractivity contribution < 1.29 is 9.90 Å². The van der Waals surface area contributed by atoms with Crippen LogP contribution in [0.15, 0.2) is 28.7 Å². The van der Waals surface area contributed by atoms with Gasteiger partial charge in [-0.3, -0.25) is 4.79 Å². The number of hydrogen-bond acceptors (Lipinski definition) is 1. The van der Waals surface area contributed by atoms with Crippen molar-refractivity contribution in [1.29, 1.82) is 0 Å². The van der Waals surface area contributed by atoms with Gasteiger partial charge in [0.15, 0.2) is 0 Å². The molecule has 0 heterocycles. The fourth-order valence-corrected chi connectivity index (χ4v) is 3.67. The Balaban J connectivity index is 2.09. The van der Waals surface area contributed by atoms with E-state index in [0.29, 0.717) is 18.3 Å². The first-order valence-corrected chi connectivity index (χ1v) is 7.83. The number of carboxylic acid groups (broad SMARTS) is 1. The Morgan fingerprint density at radius 2 is 2.26 bits per heavy atom. The molecular weight excluding hydrogens is 304 g/mol. The SMILES string of the molecule is CC1CCCC(C(Cc2cccc(Br)c2)C(=O)O)C1. The predicted octanol–water partition coefficient (Wildman–Crippen LogP) is 4.52. The molecule has 0 spiro atoms. The maximum atomic E-state index is 11.6. The van der Waals surface area contributed by atoms with Gasteiger partial charge in [0.2, 0.25) is 0 Å². The van der Waals surface area contributed by atoms with Crippen molar-refractivity contribution in [2.45, 2.75) is 39.0 Å². The molecule has 1 fully saturated rings. The molecule has 1 saturated carbocycles. The number of benzene rings is 1. The molecule has 1 aromatic rings. The molecule has 0 saturated heterocycles. The van der Waals surface area contributed by atoms with Crippen molar-refractivity contribution >= 4 is 21.9 Å². The lowest BCUT2D eigenvalue weighted by Gasteiger charge is -2.31. The molecule has 19 heavy (non-hydrogen) atoms. The first-order chi connectivity index (χ1) is 9.06. The lowest BCUT2D eigenvalue weighted by atomic mass is 9.74. The van der Waals surface area contributed by atoms with Crippen LogP contribution in [0.5, 0.6) is 0 Å². The number of aliphatic carboxylic acids is 1. The molecule has 3 atom stereocenters. The molecule has 1 N–H and O–H groups in total. The molecular formula is C16H21BrO2. The van der Waals surface area contributed by atoms with Crippen molar-refractivity contribution in [3.8, 4) is 0 Å². The van der Waals surface area contributed by atoms with Crippen LogP contribution >= 0.6 is 15.9 Å². The maximum absolute atomic E-state index is 11.6. The number of rotatable bonds is 4. The zero-order valence-corrected chi connectivity index (χ0v) is 12.9. The lowest BCUT2D eigenvalue weighted by Crippen LogP contribution is -2.29. The Morgan fingerprint density at radius 1 is 1.47 bits per heavy atom. The molecule has 104 valence electrons. The third kappa shape index (κ3) is 4.07. The summed E-state index contributed by atoms with van der Waals surface area (Å²) in [5, 5.41) is 9.53. The third-order valence-corrected chi connectivity index (χ3v) is 4.70. The molecule has 0 amide bonds. The van der Waals surface area contributed by atoms with Crippen molar-refractivity contribution in [2.24, 2.45) is 17.8 Å². The highest BCUT2D eigenvalue weighted by molar-refractivity contribution is 9.10. The van der Waals surface area contributed by atoms with Crippen molar-refractivity contribution in [3.05, 3.63) is 34.3 Å². The Hall–Kier alpha value is -0.830. The summed E-state index contributed by atoms with van der Waals surface area (Å²) in [6, 6.07) is 8.00. The zero-order chi connectivity index (χ0) is 13.8. The molecule has 1 aliphatic carbocycles. The van der Waals surface area contributed by atoms with Gasteiger partial charge in [-0.05, 0) is 48.8 Å². The monoisotopic (exact) mass is 324 g/mol. The van der Waals surface area contributed by atoms with E-state index in [-0.39, 0.29) is 5.92 Å². The summed E-state index contributed by atoms with van der Waals surface area (Å²) < 4.78 is 1.02. The van der Waals surface area contributed by atoms with E-state index < -0.39 is 5.97 Å². The van der Waals surface area contributed by atoms with Gasteiger partial charge in [0, 0.05) is 4.47 Å². The van der Waals surface area contributed by atoms with Gasteiger partial charge in [0.1, 0.15) is 0 Å². The van der Waals surface area contributed by atoms with Crippen molar-refractivity contribution in [3.63, 3.8) is 0 Å². The van der Waals surface area contributed by atoms with E-state index in [2.05, 4.69) is 22.9 Å². The van der Waals surface area contributed by atoms with Gasteiger partial charge >= 0.3 is 5.97 Å². The summed E-state index contributed by atoms with van der Waals surface area (Å²) in [5.41, 5.74) is 1.11. The van der Waals surface area contributed by atoms with Crippen LogP contribution in [0.2, 0.25) is 0 Å². The highest BCUT2D eigenvalue weighted by atomic mass is 79.9. The summed E-state index contributed by atoms with van der Waals surface area (Å²) >= 11 is 3.45. The van der Waals surface area contributed by atoms with Gasteiger partial charge in [-0.25, -0.2) is 0 Å². The highest BCUT2D eigenvalue weighted by Crippen LogP contribution is 2.35. The smallest absolute Gasteiger partial charge is 0.307 e. The fourth-order valence-electron chi connectivity index (χ4n) is 3.22. The van der Waals surface area contributed by atoms with Crippen LogP contribution < -0.4 is 0 Å². The van der Waals surface area contributed by atoms with E-state index in [4.69, 9.17) is 0 Å². The molecule has 0 aliphatic heterocycles. The topological polar surface area (TPSA) is 37.3 Å². The van der Waals surface area contributed by atoms with Crippen LogP contribution in [0, 0.1) is 17.8 Å². The molecule has 0 bridgehead atoms. The number of halogens is 1. The third-order valence-electron chi connectivity index (χ3n) is 4.21. The average molecular weight is 325 g/mol. The zero-order valence-electron chi connectivity index (χ0n) is 11.3. The average Bonchev–Trinajstić information content (AvgIpc) is 2.35. The second-order valence-corrected chi connectivity index (χ2v) is 6.73. The summed E-state index contributed by atoms with van der Waals surface area (Å²) in [4.78, 5) is 11.6. The quantitative estimate of drug-likeness (QED) is 0.884. The first-order valence-electron chi connectivity index (χ1n) is 7.03. The van der Waals surface area contributed by atoms with Gasteiger partial charge < -0.3 is 5.11 Å². The standard InChI is InChI=1S/C16H21BrO2/c1-11-4-2-6-13(8-11)15(16(18)19)10-12-5-3-7-14(17)9-12/h3,5,7,9,11,13,15H,2,4,6,8,10H2,1H3,(H,18,19). The molecule has 2 nitrogen and oxygen atoms in total. The molecule has 3 unspecified atom stereocenters. The number of hydrogen-bond donors (Lipinski definition) is 1. The Labute approximate surface area is 123 Å². The summed E-state index contributed by atoms with van der Waals surface area (Å²) in [5.74, 6) is 0.125. The van der Waals surface area contributed by atoms with Gasteiger partial charge in [0.05, 0.1) is 5.92 Å². The predicted molar refractivity (Wildman–Crippen MR) is 80.1 cm³/mol. The minimum atomic E-state index is -0.640. The fraction of sp³-hybridized carbons (Fsp3) is 0.562. The van der Waals surface area contributed by atoms with Crippen molar-refractivity contribution in [1.82, 2.24) is 0 Å². The van der Waals surface area contributed by atoms with Crippen LogP contribution in [-0.4, -0.2) is 11.1 Å². The van der Waals surface area contributed by atoms with Gasteiger partial charge in [0.25, 0.3) is 0 Å². The Bertz CT molecular complexity index is 444. The van der Waals surface area contributed by atoms with Gasteiger partial charge in [-0.15, -0.1) is 0 Å². The Kier molecular flexibility index (Phi) is 5.03. The van der Waals surface area contributed by atoms with Crippen LogP contribution in [0.1, 0.15) is 38.2 Å². The van der Waals surface area contributed by atoms with Crippen LogP contribution in [0.4, 0.5) is 0 Å². The van der Waals surface area contributed by atoms with Crippen LogP contribution in [0.25, 0.3) is 0 Å². The molecule has 0 radical (unpaired) electrons. The van der Waals surface area contributed by atoms with E-state index in [1.54, 1.807) is 0 Å². The summed E-state index contributed by atoms with van der Waals surface area (Å²) in [6.45, 7) is 2.24. The minimum absolute atomic E-state index is 0.239. The highest BCUT2D eigenvalue weighted by Gasteiger charge is 2.31. The minimum Gasteiger partial charge on any atom is -0.481 e. The molecule has 1 aromatic carbocycles. The second kappa shape index (κ2) is 6.56. The largest absolute Gasteiger partial charge is 0.481 e. The molecule has 0 aromatic heterocycles. The summed E-state index contributed by atoms with van der Waals surface area (Å²) in [6.07, 6.45) is 5.19. The Morgan fingerprint density at radius 3 is 2.89 bits per heavy atom. The van der Waals surface area contributed by atoms with Crippen LogP contribution in [0.3, 0.4) is 0 Å². The lowest BCUT2D eigenvalue weighted by molar-refractivity contribution is -0.144. The van der Waals surface area contributed by atoms with E-state index >= 15 is 0 Å². The van der Waals surface area contributed by atoms with Crippen LogP contribution in [-0.2, 0) is 11.2 Å². The first kappa shape index (κ1) is 14.6. The van der Waals surface area contributed by atoms with E-state index in [1.807, 2.05) is 24.3 Å². The molecule has 1 aliphatic rings. The number of carboxylic acids is 1. The van der Waals surface area contributed by atoms with E-state index in [1.165, 1.54) is 12.8 Å². The normalized spacial score (nSPS) is 24.9.